The third-order valence-corrected chi connectivity index (χ3v) is 4.32. The van der Waals surface area contributed by atoms with Crippen molar-refractivity contribution in [3.05, 3.63) is 39.7 Å². The SMILES string of the molecule is CCCc1cc(=O)oc2c(C)c(OCC(=O)N[C@H](C(=O)O)C(C)C)ccc12. The summed E-state index contributed by atoms with van der Waals surface area (Å²) in [5, 5.41) is 12.4. The molecule has 0 unspecified atom stereocenters. The van der Waals surface area contributed by atoms with Crippen LogP contribution in [-0.4, -0.2) is 29.6 Å². The van der Waals surface area contributed by atoms with Crippen molar-refractivity contribution in [2.24, 2.45) is 5.92 Å². The molecule has 7 nitrogen and oxygen atoms in total. The van der Waals surface area contributed by atoms with Crippen LogP contribution < -0.4 is 15.7 Å². The summed E-state index contributed by atoms with van der Waals surface area (Å²) in [6.07, 6.45) is 1.66. The van der Waals surface area contributed by atoms with Crippen molar-refractivity contribution in [2.75, 3.05) is 6.61 Å². The molecule has 1 heterocycles. The van der Waals surface area contributed by atoms with Gasteiger partial charge in [-0.05, 0) is 37.0 Å². The summed E-state index contributed by atoms with van der Waals surface area (Å²) in [6.45, 7) is 6.88. The van der Waals surface area contributed by atoms with E-state index in [0.717, 1.165) is 23.8 Å². The molecule has 27 heavy (non-hydrogen) atoms. The van der Waals surface area contributed by atoms with E-state index in [9.17, 15) is 14.4 Å². The van der Waals surface area contributed by atoms with Gasteiger partial charge in [0.15, 0.2) is 6.61 Å². The molecule has 1 aromatic heterocycles. The monoisotopic (exact) mass is 375 g/mol. The van der Waals surface area contributed by atoms with E-state index in [1.807, 2.05) is 6.92 Å². The van der Waals surface area contributed by atoms with Crippen molar-refractivity contribution in [3.63, 3.8) is 0 Å². The van der Waals surface area contributed by atoms with Crippen LogP contribution in [0.4, 0.5) is 0 Å². The maximum atomic E-state index is 12.0. The van der Waals surface area contributed by atoms with E-state index < -0.39 is 23.5 Å². The number of carbonyl (C=O) groups is 2. The molecule has 1 amide bonds. The molecule has 146 valence electrons. The Morgan fingerprint density at radius 3 is 2.59 bits per heavy atom. The van der Waals surface area contributed by atoms with Crippen LogP contribution in [0.1, 0.15) is 38.3 Å². The van der Waals surface area contributed by atoms with Crippen LogP contribution in [0.2, 0.25) is 0 Å². The van der Waals surface area contributed by atoms with Gasteiger partial charge in [-0.3, -0.25) is 4.79 Å². The van der Waals surface area contributed by atoms with Crippen LogP contribution in [-0.2, 0) is 16.0 Å². The Kier molecular flexibility index (Phi) is 6.60. The normalized spacial score (nSPS) is 12.2. The van der Waals surface area contributed by atoms with E-state index in [1.54, 1.807) is 32.9 Å². The van der Waals surface area contributed by atoms with Gasteiger partial charge in [0, 0.05) is 17.0 Å². The minimum Gasteiger partial charge on any atom is -0.483 e. The molecule has 0 aliphatic rings. The topological polar surface area (TPSA) is 106 Å². The van der Waals surface area contributed by atoms with Crippen LogP contribution in [0.3, 0.4) is 0 Å². The first-order chi connectivity index (χ1) is 12.7. The molecule has 2 rings (SSSR count). The number of rotatable bonds is 8. The lowest BCUT2D eigenvalue weighted by Gasteiger charge is -2.18. The molecule has 7 heteroatoms. The van der Waals surface area contributed by atoms with Gasteiger partial charge < -0.3 is 19.6 Å². The number of aliphatic carboxylic acids is 1. The maximum Gasteiger partial charge on any atom is 0.336 e. The number of carboxylic acids is 1. The zero-order valence-corrected chi connectivity index (χ0v) is 16.0. The molecule has 2 aromatic rings. The molecule has 0 saturated heterocycles. The maximum absolute atomic E-state index is 12.0. The Hall–Kier alpha value is -2.83. The quantitative estimate of drug-likeness (QED) is 0.687. The van der Waals surface area contributed by atoms with Gasteiger partial charge in [-0.15, -0.1) is 0 Å². The predicted octanol–water partition coefficient (Wildman–Crippen LogP) is 2.66. The van der Waals surface area contributed by atoms with Crippen molar-refractivity contribution in [1.29, 1.82) is 0 Å². The minimum absolute atomic E-state index is 0.250. The minimum atomic E-state index is -1.09. The van der Waals surface area contributed by atoms with E-state index >= 15 is 0 Å². The van der Waals surface area contributed by atoms with Crippen molar-refractivity contribution in [2.45, 2.75) is 46.6 Å². The molecule has 0 aliphatic carbocycles. The van der Waals surface area contributed by atoms with Crippen molar-refractivity contribution < 1.29 is 23.8 Å². The van der Waals surface area contributed by atoms with Gasteiger partial charge in [-0.1, -0.05) is 27.2 Å². The highest BCUT2D eigenvalue weighted by molar-refractivity contribution is 5.86. The Labute approximate surface area is 157 Å². The van der Waals surface area contributed by atoms with Gasteiger partial charge in [0.25, 0.3) is 5.91 Å². The number of amides is 1. The van der Waals surface area contributed by atoms with E-state index in [0.29, 0.717) is 16.9 Å². The summed E-state index contributed by atoms with van der Waals surface area (Å²) in [4.78, 5) is 35.0. The van der Waals surface area contributed by atoms with Gasteiger partial charge in [0.05, 0.1) is 0 Å². The van der Waals surface area contributed by atoms with Crippen molar-refractivity contribution in [1.82, 2.24) is 5.32 Å². The van der Waals surface area contributed by atoms with Gasteiger partial charge in [0.1, 0.15) is 17.4 Å². The molecular formula is C20H25NO6. The smallest absolute Gasteiger partial charge is 0.336 e. The number of ether oxygens (including phenoxy) is 1. The Balaban J connectivity index is 2.20. The Morgan fingerprint density at radius 1 is 1.30 bits per heavy atom. The summed E-state index contributed by atoms with van der Waals surface area (Å²) in [7, 11) is 0. The molecule has 0 radical (unpaired) electrons. The average Bonchev–Trinajstić information content (AvgIpc) is 2.59. The molecule has 0 aliphatic heterocycles. The van der Waals surface area contributed by atoms with E-state index in [1.165, 1.54) is 6.07 Å². The summed E-state index contributed by atoms with van der Waals surface area (Å²) in [5.41, 5.74) is 1.55. The number of carbonyl (C=O) groups excluding carboxylic acids is 1. The fourth-order valence-corrected chi connectivity index (χ4v) is 2.91. The molecule has 0 fully saturated rings. The number of carboxylic acid groups (broad SMARTS) is 1. The number of fused-ring (bicyclic) bond motifs is 1. The number of aryl methyl sites for hydroxylation is 2. The third kappa shape index (κ3) is 4.87. The first kappa shape index (κ1) is 20.5. The van der Waals surface area contributed by atoms with E-state index in [-0.39, 0.29) is 12.5 Å². The predicted molar refractivity (Wildman–Crippen MR) is 101 cm³/mol. The second kappa shape index (κ2) is 8.70. The standard InChI is InChI=1S/C20H25NO6/c1-5-6-13-9-17(23)27-19-12(4)15(8-7-14(13)19)26-10-16(22)21-18(11(2)3)20(24)25/h7-9,11,18H,5-6,10H2,1-4H3,(H,21,22)(H,24,25)/t18-/m0/s1. The van der Waals surface area contributed by atoms with Crippen LogP contribution in [0.25, 0.3) is 11.0 Å². The molecule has 0 bridgehead atoms. The lowest BCUT2D eigenvalue weighted by atomic mass is 10.0. The summed E-state index contributed by atoms with van der Waals surface area (Å²) in [5.74, 6) is -1.46. The van der Waals surface area contributed by atoms with E-state index in [4.69, 9.17) is 14.3 Å². The largest absolute Gasteiger partial charge is 0.483 e. The summed E-state index contributed by atoms with van der Waals surface area (Å²) < 4.78 is 10.9. The van der Waals surface area contributed by atoms with Crippen LogP contribution >= 0.6 is 0 Å². The van der Waals surface area contributed by atoms with E-state index in [2.05, 4.69) is 5.32 Å². The van der Waals surface area contributed by atoms with Crippen LogP contribution in [0.5, 0.6) is 5.75 Å². The lowest BCUT2D eigenvalue weighted by Crippen LogP contribution is -2.46. The second-order valence-corrected chi connectivity index (χ2v) is 6.82. The van der Waals surface area contributed by atoms with Crippen LogP contribution in [0, 0.1) is 12.8 Å². The Bertz CT molecular complexity index is 899. The molecule has 1 aromatic carbocycles. The van der Waals surface area contributed by atoms with Crippen molar-refractivity contribution in [3.8, 4) is 5.75 Å². The number of hydrogen-bond acceptors (Lipinski definition) is 5. The fourth-order valence-electron chi connectivity index (χ4n) is 2.91. The second-order valence-electron chi connectivity index (χ2n) is 6.82. The zero-order chi connectivity index (χ0) is 20.1. The number of hydrogen-bond donors (Lipinski definition) is 2. The highest BCUT2D eigenvalue weighted by atomic mass is 16.5. The first-order valence-electron chi connectivity index (χ1n) is 8.95. The molecule has 0 saturated carbocycles. The fraction of sp³-hybridized carbons (Fsp3) is 0.450. The van der Waals surface area contributed by atoms with Crippen LogP contribution in [0.15, 0.2) is 27.4 Å². The summed E-state index contributed by atoms with van der Waals surface area (Å²) in [6, 6.07) is 4.05. The number of nitrogens with one attached hydrogen (secondary N) is 1. The molecular weight excluding hydrogens is 350 g/mol. The number of benzene rings is 1. The molecule has 0 spiro atoms. The van der Waals surface area contributed by atoms with Gasteiger partial charge in [0.2, 0.25) is 0 Å². The average molecular weight is 375 g/mol. The molecule has 2 N–H and O–H groups in total. The van der Waals surface area contributed by atoms with Crippen molar-refractivity contribution >= 4 is 22.8 Å². The summed E-state index contributed by atoms with van der Waals surface area (Å²) >= 11 is 0. The third-order valence-electron chi connectivity index (χ3n) is 4.32. The lowest BCUT2D eigenvalue weighted by molar-refractivity contribution is -0.143. The highest BCUT2D eigenvalue weighted by Gasteiger charge is 2.23. The molecule has 1 atom stereocenters. The van der Waals surface area contributed by atoms with Gasteiger partial charge in [-0.25, -0.2) is 9.59 Å². The Morgan fingerprint density at radius 2 is 2.00 bits per heavy atom. The van der Waals surface area contributed by atoms with Gasteiger partial charge in [-0.2, -0.15) is 0 Å². The highest BCUT2D eigenvalue weighted by Crippen LogP contribution is 2.28. The zero-order valence-electron chi connectivity index (χ0n) is 16.0. The first-order valence-corrected chi connectivity index (χ1v) is 8.95. The van der Waals surface area contributed by atoms with Gasteiger partial charge >= 0.3 is 11.6 Å².